The first kappa shape index (κ1) is 10.4. The van der Waals surface area contributed by atoms with Gasteiger partial charge in [-0.05, 0) is 23.3 Å². The first-order valence-electron chi connectivity index (χ1n) is 5.54. The van der Waals surface area contributed by atoms with Crippen molar-refractivity contribution in [3.63, 3.8) is 0 Å². The second-order valence-electron chi connectivity index (χ2n) is 4.40. The van der Waals surface area contributed by atoms with Crippen LogP contribution in [0.3, 0.4) is 0 Å². The molecular weight excluding hydrogens is 220 g/mol. The van der Waals surface area contributed by atoms with E-state index in [1.807, 2.05) is 17.8 Å². The molecule has 1 saturated heterocycles. The number of hydrogen-bond donors (Lipinski definition) is 1. The van der Waals surface area contributed by atoms with Gasteiger partial charge in [0.2, 0.25) is 0 Å². The summed E-state index contributed by atoms with van der Waals surface area (Å²) < 4.78 is 5.26. The van der Waals surface area contributed by atoms with Crippen LogP contribution in [0.25, 0.3) is 0 Å². The first-order valence-corrected chi connectivity index (χ1v) is 6.69. The highest BCUT2D eigenvalue weighted by atomic mass is 32.2. The third kappa shape index (κ3) is 1.52. The first-order chi connectivity index (χ1) is 7.79. The van der Waals surface area contributed by atoms with E-state index in [-0.39, 0.29) is 6.04 Å². The van der Waals surface area contributed by atoms with Crippen molar-refractivity contribution in [2.24, 2.45) is 5.73 Å². The van der Waals surface area contributed by atoms with E-state index in [0.29, 0.717) is 6.04 Å². The van der Waals surface area contributed by atoms with Crippen LogP contribution in [0.5, 0.6) is 5.75 Å². The Labute approximate surface area is 99.9 Å². The number of methoxy groups -OCH3 is 1. The Hall–Kier alpha value is -0.710. The van der Waals surface area contributed by atoms with Gasteiger partial charge in [-0.25, -0.2) is 0 Å². The fourth-order valence-electron chi connectivity index (χ4n) is 2.58. The summed E-state index contributed by atoms with van der Waals surface area (Å²) in [7, 11) is 1.71. The molecule has 0 spiro atoms. The molecular formula is C12H16N2OS. The lowest BCUT2D eigenvalue weighted by atomic mass is 9.91. The molecule has 0 radical (unpaired) electrons. The van der Waals surface area contributed by atoms with Gasteiger partial charge in [0, 0.05) is 30.3 Å². The largest absolute Gasteiger partial charge is 0.497 e. The fraction of sp³-hybridized carbons (Fsp3) is 0.500. The Morgan fingerprint density at radius 2 is 2.38 bits per heavy atom. The van der Waals surface area contributed by atoms with Crippen LogP contribution in [-0.4, -0.2) is 29.7 Å². The van der Waals surface area contributed by atoms with Crippen LogP contribution in [-0.2, 0) is 6.54 Å². The zero-order valence-corrected chi connectivity index (χ0v) is 10.2. The lowest BCUT2D eigenvalue weighted by molar-refractivity contribution is 0.207. The third-order valence-corrected chi connectivity index (χ3v) is 4.60. The third-order valence-electron chi connectivity index (χ3n) is 3.51. The summed E-state index contributed by atoms with van der Waals surface area (Å²) in [6, 6.07) is 6.93. The highest BCUT2D eigenvalue weighted by Crippen LogP contribution is 2.37. The summed E-state index contributed by atoms with van der Waals surface area (Å²) in [4.78, 5) is 2.47. The van der Waals surface area contributed by atoms with Crippen LogP contribution >= 0.6 is 11.8 Å². The molecule has 1 aromatic carbocycles. The molecule has 0 aliphatic carbocycles. The van der Waals surface area contributed by atoms with Crippen molar-refractivity contribution in [2.75, 3.05) is 18.7 Å². The van der Waals surface area contributed by atoms with E-state index in [0.717, 1.165) is 23.9 Å². The maximum Gasteiger partial charge on any atom is 0.119 e. The number of nitrogens with two attached hydrogens (primary N) is 1. The Morgan fingerprint density at radius 1 is 1.50 bits per heavy atom. The lowest BCUT2D eigenvalue weighted by Crippen LogP contribution is -2.43. The number of benzene rings is 1. The van der Waals surface area contributed by atoms with Crippen LogP contribution in [0.1, 0.15) is 17.2 Å². The Morgan fingerprint density at radius 3 is 3.19 bits per heavy atom. The van der Waals surface area contributed by atoms with Gasteiger partial charge in [0.25, 0.3) is 0 Å². The molecule has 86 valence electrons. The predicted octanol–water partition coefficient (Wildman–Crippen LogP) is 1.58. The summed E-state index contributed by atoms with van der Waals surface area (Å²) in [5.74, 6) is 3.19. The molecule has 3 nitrogen and oxygen atoms in total. The molecule has 0 saturated carbocycles. The number of thioether (sulfide) groups is 1. The van der Waals surface area contributed by atoms with E-state index in [1.165, 1.54) is 11.1 Å². The average Bonchev–Trinajstić information content (AvgIpc) is 2.77. The molecule has 2 aliphatic rings. The maximum atomic E-state index is 6.33. The van der Waals surface area contributed by atoms with Crippen LogP contribution < -0.4 is 10.5 Å². The second-order valence-corrected chi connectivity index (χ2v) is 5.40. The monoisotopic (exact) mass is 236 g/mol. The van der Waals surface area contributed by atoms with Crippen molar-refractivity contribution in [2.45, 2.75) is 18.6 Å². The molecule has 1 unspecified atom stereocenters. The van der Waals surface area contributed by atoms with Gasteiger partial charge in [-0.15, -0.1) is 11.8 Å². The van der Waals surface area contributed by atoms with E-state index < -0.39 is 0 Å². The molecule has 0 amide bonds. The zero-order chi connectivity index (χ0) is 11.1. The minimum absolute atomic E-state index is 0.157. The number of hydrogen-bond acceptors (Lipinski definition) is 4. The smallest absolute Gasteiger partial charge is 0.119 e. The number of rotatable bonds is 1. The highest BCUT2D eigenvalue weighted by Gasteiger charge is 2.36. The Bertz CT molecular complexity index is 410. The molecule has 1 aromatic rings. The molecule has 16 heavy (non-hydrogen) atoms. The number of fused-ring (bicyclic) bond motifs is 2. The van der Waals surface area contributed by atoms with Crippen molar-refractivity contribution in [1.82, 2.24) is 4.90 Å². The maximum absolute atomic E-state index is 6.33. The Balaban J connectivity index is 2.00. The minimum Gasteiger partial charge on any atom is -0.497 e. The molecule has 2 aliphatic heterocycles. The van der Waals surface area contributed by atoms with Gasteiger partial charge in [0.05, 0.1) is 7.11 Å². The average molecular weight is 236 g/mol. The van der Waals surface area contributed by atoms with Crippen molar-refractivity contribution in [1.29, 1.82) is 0 Å². The van der Waals surface area contributed by atoms with Crippen LogP contribution in [0.15, 0.2) is 18.2 Å². The van der Waals surface area contributed by atoms with E-state index in [2.05, 4.69) is 17.0 Å². The zero-order valence-electron chi connectivity index (χ0n) is 9.35. The topological polar surface area (TPSA) is 38.5 Å². The van der Waals surface area contributed by atoms with Crippen molar-refractivity contribution in [3.05, 3.63) is 29.3 Å². The van der Waals surface area contributed by atoms with E-state index >= 15 is 0 Å². The number of nitrogens with zero attached hydrogens (tertiary/aromatic N) is 1. The van der Waals surface area contributed by atoms with Gasteiger partial charge in [0.15, 0.2) is 0 Å². The fourth-order valence-corrected chi connectivity index (χ4v) is 3.87. The van der Waals surface area contributed by atoms with Gasteiger partial charge in [-0.3, -0.25) is 4.90 Å². The van der Waals surface area contributed by atoms with Crippen LogP contribution in [0, 0.1) is 0 Å². The van der Waals surface area contributed by atoms with Gasteiger partial charge in [-0.1, -0.05) is 6.07 Å². The molecule has 2 atom stereocenters. The molecule has 0 bridgehead atoms. The van der Waals surface area contributed by atoms with Crippen LogP contribution in [0.4, 0.5) is 0 Å². The summed E-state index contributed by atoms with van der Waals surface area (Å²) in [6.45, 7) is 1.01. The SMILES string of the molecule is COc1ccc2c(c1)CN1CSC[C@@H]1C2N. The molecule has 2 N–H and O–H groups in total. The van der Waals surface area contributed by atoms with Crippen LogP contribution in [0.2, 0.25) is 0 Å². The van der Waals surface area contributed by atoms with Gasteiger partial charge >= 0.3 is 0 Å². The minimum atomic E-state index is 0.157. The second kappa shape index (κ2) is 3.95. The molecule has 0 aromatic heterocycles. The van der Waals surface area contributed by atoms with Crippen molar-refractivity contribution < 1.29 is 4.74 Å². The summed E-state index contributed by atoms with van der Waals surface area (Å²) >= 11 is 1.98. The summed E-state index contributed by atoms with van der Waals surface area (Å²) in [5, 5.41) is 0. The lowest BCUT2D eigenvalue weighted by Gasteiger charge is -2.35. The molecule has 2 heterocycles. The summed E-state index contributed by atoms with van der Waals surface area (Å²) in [5.41, 5.74) is 8.95. The van der Waals surface area contributed by atoms with Crippen molar-refractivity contribution in [3.8, 4) is 5.75 Å². The normalized spacial score (nSPS) is 28.6. The predicted molar refractivity (Wildman–Crippen MR) is 66.6 cm³/mol. The van der Waals surface area contributed by atoms with Gasteiger partial charge < -0.3 is 10.5 Å². The van der Waals surface area contributed by atoms with E-state index in [1.54, 1.807) is 7.11 Å². The number of ether oxygens (including phenoxy) is 1. The van der Waals surface area contributed by atoms with E-state index in [4.69, 9.17) is 10.5 Å². The quantitative estimate of drug-likeness (QED) is 0.803. The molecule has 4 heteroatoms. The Kier molecular flexibility index (Phi) is 2.58. The van der Waals surface area contributed by atoms with Crippen molar-refractivity contribution >= 4 is 11.8 Å². The van der Waals surface area contributed by atoms with E-state index in [9.17, 15) is 0 Å². The van der Waals surface area contributed by atoms with Gasteiger partial charge in [0.1, 0.15) is 5.75 Å². The standard InChI is InChI=1S/C12H16N2OS/c1-15-9-2-3-10-8(4-9)5-14-7-16-6-11(14)12(10)13/h2-4,11-12H,5-7,13H2,1H3/t11-,12?/m1/s1. The highest BCUT2D eigenvalue weighted by molar-refractivity contribution is 7.99. The van der Waals surface area contributed by atoms with Gasteiger partial charge in [-0.2, -0.15) is 0 Å². The molecule has 1 fully saturated rings. The summed E-state index contributed by atoms with van der Waals surface area (Å²) in [6.07, 6.45) is 0. The molecule has 3 rings (SSSR count).